The van der Waals surface area contributed by atoms with E-state index >= 15 is 0 Å². The molecule has 0 aliphatic carbocycles. The third kappa shape index (κ3) is 4.33. The first-order valence-electron chi connectivity index (χ1n) is 6.02. The number of hydrogen-bond donors (Lipinski definition) is 1. The molecule has 0 aromatic heterocycles. The molecule has 0 radical (unpaired) electrons. The lowest BCUT2D eigenvalue weighted by Gasteiger charge is -2.15. The molecule has 1 aromatic rings. The molecule has 1 atom stereocenters. The fourth-order valence-electron chi connectivity index (χ4n) is 1.87. The van der Waals surface area contributed by atoms with Crippen LogP contribution in [-0.2, 0) is 4.74 Å². The van der Waals surface area contributed by atoms with Crippen molar-refractivity contribution in [3.05, 3.63) is 34.9 Å². The fraction of sp³-hybridized carbons (Fsp3) is 0.571. The molecule has 2 heteroatoms. The van der Waals surface area contributed by atoms with Gasteiger partial charge in [0, 0.05) is 19.2 Å². The van der Waals surface area contributed by atoms with Crippen LogP contribution >= 0.6 is 0 Å². The molecule has 0 bridgehead atoms. The Morgan fingerprint density at radius 2 is 1.81 bits per heavy atom. The average molecular weight is 221 g/mol. The minimum Gasteiger partial charge on any atom is -0.380 e. The zero-order valence-corrected chi connectivity index (χ0v) is 10.8. The Labute approximate surface area is 99.0 Å². The van der Waals surface area contributed by atoms with Crippen LogP contribution in [0.5, 0.6) is 0 Å². The van der Waals surface area contributed by atoms with Crippen molar-refractivity contribution in [3.8, 4) is 0 Å². The van der Waals surface area contributed by atoms with Crippen LogP contribution in [0.15, 0.2) is 18.2 Å². The zero-order chi connectivity index (χ0) is 12.0. The van der Waals surface area contributed by atoms with Crippen LogP contribution in [0.3, 0.4) is 0 Å². The number of rotatable bonds is 6. The summed E-state index contributed by atoms with van der Waals surface area (Å²) in [6.45, 7) is 11.0. The van der Waals surface area contributed by atoms with Crippen LogP contribution in [0.4, 0.5) is 0 Å². The minimum atomic E-state index is 0.388. The average Bonchev–Trinajstić information content (AvgIpc) is 2.22. The molecule has 90 valence electrons. The summed E-state index contributed by atoms with van der Waals surface area (Å²) in [7, 11) is 0. The van der Waals surface area contributed by atoms with Crippen molar-refractivity contribution in [3.63, 3.8) is 0 Å². The SMILES string of the molecule is CCOCCNC(C)c1cc(C)cc(C)c1. The van der Waals surface area contributed by atoms with E-state index in [0.717, 1.165) is 19.8 Å². The van der Waals surface area contributed by atoms with Gasteiger partial charge in [0.2, 0.25) is 0 Å². The molecule has 0 fully saturated rings. The monoisotopic (exact) mass is 221 g/mol. The first-order chi connectivity index (χ1) is 7.63. The number of nitrogens with one attached hydrogen (secondary N) is 1. The maximum Gasteiger partial charge on any atom is 0.0590 e. The van der Waals surface area contributed by atoms with E-state index in [9.17, 15) is 0 Å². The summed E-state index contributed by atoms with van der Waals surface area (Å²) in [5, 5.41) is 3.46. The maximum absolute atomic E-state index is 5.30. The topological polar surface area (TPSA) is 21.3 Å². The second kappa shape index (κ2) is 6.66. The van der Waals surface area contributed by atoms with Crippen LogP contribution in [-0.4, -0.2) is 19.8 Å². The predicted octanol–water partition coefficient (Wildman–Crippen LogP) is 2.99. The van der Waals surface area contributed by atoms with Crippen LogP contribution in [0.2, 0.25) is 0 Å². The summed E-state index contributed by atoms with van der Waals surface area (Å²) < 4.78 is 5.30. The molecule has 0 aliphatic rings. The summed E-state index contributed by atoms with van der Waals surface area (Å²) in [6, 6.07) is 7.08. The van der Waals surface area contributed by atoms with Gasteiger partial charge in [0.25, 0.3) is 0 Å². The van der Waals surface area contributed by atoms with E-state index in [1.54, 1.807) is 0 Å². The third-order valence-electron chi connectivity index (χ3n) is 2.65. The van der Waals surface area contributed by atoms with Gasteiger partial charge in [0.05, 0.1) is 6.61 Å². The Kier molecular flexibility index (Phi) is 5.50. The highest BCUT2D eigenvalue weighted by Gasteiger charge is 2.05. The summed E-state index contributed by atoms with van der Waals surface area (Å²) in [5.74, 6) is 0. The van der Waals surface area contributed by atoms with Gasteiger partial charge in [-0.25, -0.2) is 0 Å². The first-order valence-corrected chi connectivity index (χ1v) is 6.02. The van der Waals surface area contributed by atoms with Gasteiger partial charge in [0.1, 0.15) is 0 Å². The van der Waals surface area contributed by atoms with Gasteiger partial charge in [-0.05, 0) is 33.3 Å². The van der Waals surface area contributed by atoms with E-state index in [1.807, 2.05) is 6.92 Å². The van der Waals surface area contributed by atoms with Crippen molar-refractivity contribution in [2.24, 2.45) is 0 Å². The van der Waals surface area contributed by atoms with E-state index in [1.165, 1.54) is 16.7 Å². The molecule has 0 heterocycles. The Balaban J connectivity index is 2.48. The van der Waals surface area contributed by atoms with E-state index in [4.69, 9.17) is 4.74 Å². The lowest BCUT2D eigenvalue weighted by atomic mass is 10.0. The quantitative estimate of drug-likeness (QED) is 0.746. The molecule has 16 heavy (non-hydrogen) atoms. The molecule has 0 amide bonds. The Hall–Kier alpha value is -0.860. The van der Waals surface area contributed by atoms with E-state index < -0.39 is 0 Å². The molecule has 0 aliphatic heterocycles. The van der Waals surface area contributed by atoms with Gasteiger partial charge in [-0.3, -0.25) is 0 Å². The van der Waals surface area contributed by atoms with Crippen LogP contribution in [0.1, 0.15) is 36.6 Å². The summed E-state index contributed by atoms with van der Waals surface area (Å²) in [4.78, 5) is 0. The molecule has 1 unspecified atom stereocenters. The van der Waals surface area contributed by atoms with Gasteiger partial charge in [-0.15, -0.1) is 0 Å². The van der Waals surface area contributed by atoms with Crippen molar-refractivity contribution in [1.82, 2.24) is 5.32 Å². The summed E-state index contributed by atoms with van der Waals surface area (Å²) in [5.41, 5.74) is 4.01. The Bertz CT molecular complexity index is 302. The molecule has 1 rings (SSSR count). The van der Waals surface area contributed by atoms with Crippen molar-refractivity contribution >= 4 is 0 Å². The van der Waals surface area contributed by atoms with Crippen LogP contribution in [0.25, 0.3) is 0 Å². The molecule has 1 aromatic carbocycles. The van der Waals surface area contributed by atoms with Gasteiger partial charge in [-0.2, -0.15) is 0 Å². The first kappa shape index (κ1) is 13.2. The fourth-order valence-corrected chi connectivity index (χ4v) is 1.87. The number of benzene rings is 1. The lowest BCUT2D eigenvalue weighted by Crippen LogP contribution is -2.23. The highest BCUT2D eigenvalue weighted by atomic mass is 16.5. The van der Waals surface area contributed by atoms with Gasteiger partial charge < -0.3 is 10.1 Å². The zero-order valence-electron chi connectivity index (χ0n) is 10.8. The minimum absolute atomic E-state index is 0.388. The van der Waals surface area contributed by atoms with Crippen molar-refractivity contribution in [1.29, 1.82) is 0 Å². The van der Waals surface area contributed by atoms with E-state index in [0.29, 0.717) is 6.04 Å². The molecular weight excluding hydrogens is 198 g/mol. The van der Waals surface area contributed by atoms with Crippen molar-refractivity contribution in [2.45, 2.75) is 33.7 Å². The normalized spacial score (nSPS) is 12.8. The maximum atomic E-state index is 5.30. The second-order valence-electron chi connectivity index (χ2n) is 4.29. The van der Waals surface area contributed by atoms with Crippen molar-refractivity contribution < 1.29 is 4.74 Å². The Morgan fingerprint density at radius 3 is 2.38 bits per heavy atom. The lowest BCUT2D eigenvalue weighted by molar-refractivity contribution is 0.147. The molecule has 0 spiro atoms. The molecule has 0 saturated heterocycles. The molecule has 1 N–H and O–H groups in total. The van der Waals surface area contributed by atoms with Gasteiger partial charge in [0.15, 0.2) is 0 Å². The van der Waals surface area contributed by atoms with E-state index in [2.05, 4.69) is 44.3 Å². The largest absolute Gasteiger partial charge is 0.380 e. The summed E-state index contributed by atoms with van der Waals surface area (Å²) >= 11 is 0. The third-order valence-corrected chi connectivity index (χ3v) is 2.65. The Morgan fingerprint density at radius 1 is 1.19 bits per heavy atom. The number of ether oxygens (including phenoxy) is 1. The molecule has 2 nitrogen and oxygen atoms in total. The molecule has 0 saturated carbocycles. The predicted molar refractivity (Wildman–Crippen MR) is 68.8 cm³/mol. The molecular formula is C14H23NO. The standard InChI is InChI=1S/C14H23NO/c1-5-16-7-6-15-13(4)14-9-11(2)8-12(3)10-14/h8-10,13,15H,5-7H2,1-4H3. The highest BCUT2D eigenvalue weighted by molar-refractivity contribution is 5.30. The van der Waals surface area contributed by atoms with Crippen molar-refractivity contribution in [2.75, 3.05) is 19.8 Å². The smallest absolute Gasteiger partial charge is 0.0590 e. The highest BCUT2D eigenvalue weighted by Crippen LogP contribution is 2.16. The van der Waals surface area contributed by atoms with Crippen LogP contribution < -0.4 is 5.32 Å². The second-order valence-corrected chi connectivity index (χ2v) is 4.29. The summed E-state index contributed by atoms with van der Waals surface area (Å²) in [6.07, 6.45) is 0. The van der Waals surface area contributed by atoms with Crippen LogP contribution in [0, 0.1) is 13.8 Å². The number of hydrogen-bond acceptors (Lipinski definition) is 2. The number of aryl methyl sites for hydroxylation is 2. The van der Waals surface area contributed by atoms with E-state index in [-0.39, 0.29) is 0 Å². The van der Waals surface area contributed by atoms with Gasteiger partial charge in [-0.1, -0.05) is 29.3 Å². The van der Waals surface area contributed by atoms with Gasteiger partial charge >= 0.3 is 0 Å².